The van der Waals surface area contributed by atoms with Crippen molar-refractivity contribution in [3.05, 3.63) is 133 Å². The van der Waals surface area contributed by atoms with Crippen molar-refractivity contribution in [1.29, 1.82) is 0 Å². The predicted octanol–water partition coefficient (Wildman–Crippen LogP) is 10.9. The van der Waals surface area contributed by atoms with Crippen LogP contribution in [0.1, 0.15) is 0 Å². The Balaban J connectivity index is 1.19. The highest BCUT2D eigenvalue weighted by Crippen LogP contribution is 2.44. The summed E-state index contributed by atoms with van der Waals surface area (Å²) in [4.78, 5) is 20.0. The minimum Gasteiger partial charge on any atom is -0.456 e. The lowest BCUT2D eigenvalue weighted by Gasteiger charge is -2.09. The van der Waals surface area contributed by atoms with E-state index >= 15 is 0 Å². The van der Waals surface area contributed by atoms with E-state index in [4.69, 9.17) is 28.8 Å². The topological polar surface area (TPSA) is 77.8 Å². The van der Waals surface area contributed by atoms with Crippen LogP contribution in [0, 0.1) is 0 Å². The van der Waals surface area contributed by atoms with E-state index in [1.165, 1.54) is 0 Å². The van der Waals surface area contributed by atoms with Crippen molar-refractivity contribution < 1.29 is 8.83 Å². The zero-order valence-corrected chi connectivity index (χ0v) is 25.5. The first kappa shape index (κ1) is 26.1. The number of hydrogen-bond donors (Lipinski definition) is 0. The molecule has 10 aromatic rings. The number of nitrogens with zero attached hydrogens (tertiary/aromatic N) is 4. The van der Waals surface area contributed by atoms with Gasteiger partial charge in [-0.15, -0.1) is 11.3 Å². The quantitative estimate of drug-likeness (QED) is 0.194. The van der Waals surface area contributed by atoms with Crippen LogP contribution in [-0.2, 0) is 0 Å². The van der Waals surface area contributed by atoms with Crippen LogP contribution in [0.15, 0.2) is 142 Å². The molecule has 0 spiro atoms. The minimum absolute atomic E-state index is 0.583. The maximum atomic E-state index is 6.22. The average Bonchev–Trinajstić information content (AvgIpc) is 3.84. The molecule has 10 rings (SSSR count). The molecule has 0 amide bonds. The largest absolute Gasteiger partial charge is 0.456 e. The first-order valence-electron chi connectivity index (χ1n) is 15.3. The Morgan fingerprint density at radius 3 is 2.04 bits per heavy atom. The van der Waals surface area contributed by atoms with Crippen LogP contribution in [0.3, 0.4) is 0 Å². The predicted molar refractivity (Wildman–Crippen MR) is 189 cm³/mol. The molecular weight excluding hydrogens is 601 g/mol. The maximum Gasteiger partial charge on any atom is 0.228 e. The van der Waals surface area contributed by atoms with Gasteiger partial charge in [0.25, 0.3) is 0 Å². The van der Waals surface area contributed by atoms with Crippen molar-refractivity contribution in [2.45, 2.75) is 0 Å². The van der Waals surface area contributed by atoms with E-state index in [2.05, 4.69) is 54.6 Å². The monoisotopic (exact) mass is 622 g/mol. The normalized spacial score (nSPS) is 11.8. The maximum absolute atomic E-state index is 6.22. The molecule has 47 heavy (non-hydrogen) atoms. The fourth-order valence-electron chi connectivity index (χ4n) is 6.40. The summed E-state index contributed by atoms with van der Waals surface area (Å²) in [6.45, 7) is 0. The highest BCUT2D eigenvalue weighted by atomic mass is 32.1. The molecule has 220 valence electrons. The second-order valence-electron chi connectivity index (χ2n) is 11.4. The molecular formula is C40H22N4O2S. The van der Waals surface area contributed by atoms with Gasteiger partial charge in [0.1, 0.15) is 16.7 Å². The minimum atomic E-state index is 0.583. The fraction of sp³-hybridized carbons (Fsp3) is 0. The highest BCUT2D eigenvalue weighted by molar-refractivity contribution is 7.26. The SMILES string of the molecule is c1ccc(-c2nc(-c3ccc4c(c3)oc3ccccc34)nc(-c3cccc4sc5c(-c6nc7ccccc7o6)cccc5c34)n2)cc1. The van der Waals surface area contributed by atoms with Gasteiger partial charge in [-0.2, -0.15) is 0 Å². The standard InChI is InChI=1S/C40H22N4O2S/c1-2-10-23(11-3-1)37-42-38(24-20-21-26-25-12-4-6-17-31(25)45-33(26)22-24)44-39(43-37)28-14-9-19-34-35(28)27-13-8-15-29(36(27)47-34)40-41-30-16-5-7-18-32(30)46-40/h1-22H. The van der Waals surface area contributed by atoms with Crippen molar-refractivity contribution in [1.82, 2.24) is 19.9 Å². The van der Waals surface area contributed by atoms with Gasteiger partial charge in [0, 0.05) is 47.6 Å². The van der Waals surface area contributed by atoms with Crippen LogP contribution in [-0.4, -0.2) is 19.9 Å². The van der Waals surface area contributed by atoms with E-state index in [0.717, 1.165) is 75.5 Å². The second-order valence-corrected chi connectivity index (χ2v) is 12.5. The summed E-state index contributed by atoms with van der Waals surface area (Å²) in [5.74, 6) is 2.41. The molecule has 6 nitrogen and oxygen atoms in total. The molecule has 4 heterocycles. The number of rotatable bonds is 4. The van der Waals surface area contributed by atoms with E-state index in [1.807, 2.05) is 78.9 Å². The lowest BCUT2D eigenvalue weighted by Crippen LogP contribution is -2.00. The number of para-hydroxylation sites is 3. The summed E-state index contributed by atoms with van der Waals surface area (Å²) < 4.78 is 14.7. The Labute approximate surface area is 271 Å². The Hall–Kier alpha value is -6.18. The van der Waals surface area contributed by atoms with E-state index in [1.54, 1.807) is 11.3 Å². The van der Waals surface area contributed by atoms with Crippen LogP contribution in [0.25, 0.3) is 98.8 Å². The zero-order valence-electron chi connectivity index (χ0n) is 24.7. The van der Waals surface area contributed by atoms with Gasteiger partial charge in [-0.05, 0) is 42.5 Å². The molecule has 6 aromatic carbocycles. The van der Waals surface area contributed by atoms with Gasteiger partial charge in [0.05, 0.1) is 5.56 Å². The molecule has 0 saturated carbocycles. The Kier molecular flexibility index (Phi) is 5.64. The molecule has 0 aliphatic heterocycles. The third kappa shape index (κ3) is 4.17. The zero-order chi connectivity index (χ0) is 30.9. The van der Waals surface area contributed by atoms with Crippen LogP contribution >= 0.6 is 11.3 Å². The average molecular weight is 623 g/mol. The number of fused-ring (bicyclic) bond motifs is 7. The summed E-state index contributed by atoms with van der Waals surface area (Å²) in [6.07, 6.45) is 0. The van der Waals surface area contributed by atoms with Crippen LogP contribution in [0.5, 0.6) is 0 Å². The summed E-state index contributed by atoms with van der Waals surface area (Å²) in [5, 5.41) is 4.34. The molecule has 0 bridgehead atoms. The third-order valence-corrected chi connectivity index (χ3v) is 9.80. The fourth-order valence-corrected chi connectivity index (χ4v) is 7.63. The Morgan fingerprint density at radius 2 is 1.15 bits per heavy atom. The lowest BCUT2D eigenvalue weighted by molar-refractivity contribution is 0.621. The molecule has 0 saturated heterocycles. The van der Waals surface area contributed by atoms with Crippen LogP contribution in [0.4, 0.5) is 0 Å². The second kappa shape index (κ2) is 10.2. The van der Waals surface area contributed by atoms with Crippen molar-refractivity contribution in [3.8, 4) is 45.6 Å². The number of thiophene rings is 1. The molecule has 0 aliphatic carbocycles. The summed E-state index contributed by atoms with van der Waals surface area (Å²) in [6, 6.07) is 44.8. The summed E-state index contributed by atoms with van der Waals surface area (Å²) >= 11 is 1.72. The molecule has 0 unspecified atom stereocenters. The molecule has 4 aromatic heterocycles. The first-order chi connectivity index (χ1) is 23.3. The van der Waals surface area contributed by atoms with E-state index in [0.29, 0.717) is 23.4 Å². The third-order valence-electron chi connectivity index (χ3n) is 8.59. The van der Waals surface area contributed by atoms with Crippen molar-refractivity contribution in [3.63, 3.8) is 0 Å². The van der Waals surface area contributed by atoms with Gasteiger partial charge in [0.2, 0.25) is 5.89 Å². The van der Waals surface area contributed by atoms with E-state index in [9.17, 15) is 0 Å². The Morgan fingerprint density at radius 1 is 0.447 bits per heavy atom. The molecule has 0 atom stereocenters. The molecule has 0 aliphatic rings. The number of hydrogen-bond acceptors (Lipinski definition) is 7. The molecule has 0 fully saturated rings. The van der Waals surface area contributed by atoms with Gasteiger partial charge in [-0.3, -0.25) is 0 Å². The van der Waals surface area contributed by atoms with E-state index in [-0.39, 0.29) is 0 Å². The van der Waals surface area contributed by atoms with Crippen LogP contribution < -0.4 is 0 Å². The number of furan rings is 1. The molecule has 0 N–H and O–H groups in total. The first-order valence-corrected chi connectivity index (χ1v) is 16.1. The van der Waals surface area contributed by atoms with Gasteiger partial charge >= 0.3 is 0 Å². The lowest BCUT2D eigenvalue weighted by atomic mass is 10.0. The number of aromatic nitrogens is 4. The van der Waals surface area contributed by atoms with Crippen LogP contribution in [0.2, 0.25) is 0 Å². The van der Waals surface area contributed by atoms with Crippen molar-refractivity contribution >= 4 is 64.5 Å². The Bertz CT molecular complexity index is 2780. The van der Waals surface area contributed by atoms with Gasteiger partial charge < -0.3 is 8.83 Å². The number of oxazole rings is 1. The summed E-state index contributed by atoms with van der Waals surface area (Å²) in [7, 11) is 0. The van der Waals surface area contributed by atoms with Gasteiger partial charge in [0.15, 0.2) is 23.1 Å². The molecule has 0 radical (unpaired) electrons. The van der Waals surface area contributed by atoms with Gasteiger partial charge in [-0.25, -0.2) is 19.9 Å². The highest BCUT2D eigenvalue weighted by Gasteiger charge is 2.20. The molecule has 7 heteroatoms. The smallest absolute Gasteiger partial charge is 0.228 e. The van der Waals surface area contributed by atoms with Crippen molar-refractivity contribution in [2.75, 3.05) is 0 Å². The number of benzene rings is 6. The van der Waals surface area contributed by atoms with Gasteiger partial charge in [-0.1, -0.05) is 91.0 Å². The summed E-state index contributed by atoms with van der Waals surface area (Å²) in [5.41, 5.74) is 6.95. The van der Waals surface area contributed by atoms with Crippen molar-refractivity contribution in [2.24, 2.45) is 0 Å². The van der Waals surface area contributed by atoms with E-state index < -0.39 is 0 Å².